The molecule has 0 saturated heterocycles. The molecule has 0 aliphatic heterocycles. The minimum Gasteiger partial charge on any atom is -0.463 e. The summed E-state index contributed by atoms with van der Waals surface area (Å²) in [6.45, 7) is -5.17. The van der Waals surface area contributed by atoms with E-state index in [9.17, 15) is 58.7 Å². The molecule has 0 bridgehead atoms. The van der Waals surface area contributed by atoms with Crippen LogP contribution < -0.4 is 15.4 Å². The van der Waals surface area contributed by atoms with Gasteiger partial charge in [-0.25, -0.2) is 4.79 Å². The van der Waals surface area contributed by atoms with E-state index < -0.39 is 79.4 Å². The highest BCUT2D eigenvalue weighted by atomic mass is 19.4. The van der Waals surface area contributed by atoms with Gasteiger partial charge >= 0.3 is 30.5 Å². The average Bonchev–Trinajstić information content (AvgIpc) is 3.10. The summed E-state index contributed by atoms with van der Waals surface area (Å²) in [5.41, 5.74) is -3.27. The third-order valence-electron chi connectivity index (χ3n) is 7.54. The monoisotopic (exact) mass is 754 g/mol. The van der Waals surface area contributed by atoms with E-state index in [-0.39, 0.29) is 28.0 Å². The van der Waals surface area contributed by atoms with Crippen LogP contribution in [-0.2, 0) is 37.1 Å². The van der Waals surface area contributed by atoms with Crippen LogP contribution in [0.15, 0.2) is 103 Å². The highest BCUT2D eigenvalue weighted by Gasteiger charge is 2.50. The molecule has 0 heterocycles. The Kier molecular flexibility index (Phi) is 12.2. The summed E-state index contributed by atoms with van der Waals surface area (Å²) in [5, 5.41) is 2.98. The largest absolute Gasteiger partial charge is 0.463 e. The van der Waals surface area contributed by atoms with Crippen molar-refractivity contribution in [3.8, 4) is 16.9 Å². The van der Waals surface area contributed by atoms with Crippen molar-refractivity contribution in [2.75, 3.05) is 19.7 Å². The summed E-state index contributed by atoms with van der Waals surface area (Å²) < 4.78 is 127. The molecule has 17 heteroatoms. The third-order valence-corrected chi connectivity index (χ3v) is 7.54. The fourth-order valence-electron chi connectivity index (χ4n) is 4.96. The minimum absolute atomic E-state index is 0.0138. The molecule has 280 valence electrons. The minimum atomic E-state index is -4.97. The number of benzene rings is 4. The van der Waals surface area contributed by atoms with Gasteiger partial charge < -0.3 is 20.1 Å². The van der Waals surface area contributed by atoms with Crippen LogP contribution in [-0.4, -0.2) is 55.8 Å². The Hall–Kier alpha value is -5.87. The van der Waals surface area contributed by atoms with Crippen LogP contribution in [0.3, 0.4) is 0 Å². The number of rotatable bonds is 12. The van der Waals surface area contributed by atoms with Crippen molar-refractivity contribution in [3.63, 3.8) is 0 Å². The molecule has 0 saturated carbocycles. The molecule has 0 unspecified atom stereocenters. The molecule has 4 aromatic carbocycles. The zero-order valence-electron chi connectivity index (χ0n) is 27.0. The number of hydrogen-bond donors (Lipinski definition) is 2. The Morgan fingerprint density at radius 2 is 1.11 bits per heavy atom. The molecule has 0 aliphatic rings. The second kappa shape index (κ2) is 16.2. The lowest BCUT2D eigenvalue weighted by molar-refractivity contribution is -0.157. The van der Waals surface area contributed by atoms with Gasteiger partial charge in [-0.2, -0.15) is 39.5 Å². The van der Waals surface area contributed by atoms with E-state index in [1.807, 2.05) is 0 Å². The van der Waals surface area contributed by atoms with Crippen LogP contribution in [0.5, 0.6) is 5.75 Å². The van der Waals surface area contributed by atoms with Gasteiger partial charge in [-0.15, -0.1) is 0 Å². The zero-order chi connectivity index (χ0) is 39.0. The molecule has 0 aromatic heterocycles. The van der Waals surface area contributed by atoms with Gasteiger partial charge in [0.15, 0.2) is 5.41 Å². The SMILES string of the molecule is O=C(Cc1ccc(OC(=O)c2ccccc2-c2ccc(C(F)(F)F)cc2)cc1)OCC(C(=O)NCC(F)(F)F)(C(=O)NCC(F)(F)F)c1ccccc1. The summed E-state index contributed by atoms with van der Waals surface area (Å²) in [6.07, 6.45) is -15.1. The van der Waals surface area contributed by atoms with E-state index in [2.05, 4.69) is 0 Å². The van der Waals surface area contributed by atoms with Gasteiger partial charge in [-0.05, 0) is 52.6 Å². The lowest BCUT2D eigenvalue weighted by Crippen LogP contribution is -2.59. The van der Waals surface area contributed by atoms with E-state index in [1.165, 1.54) is 83.4 Å². The molecule has 4 aromatic rings. The number of hydrogen-bond acceptors (Lipinski definition) is 6. The fraction of sp³-hybridized carbons (Fsp3) is 0.222. The van der Waals surface area contributed by atoms with E-state index in [0.717, 1.165) is 24.3 Å². The van der Waals surface area contributed by atoms with Crippen LogP contribution in [0.25, 0.3) is 11.1 Å². The Morgan fingerprint density at radius 3 is 1.64 bits per heavy atom. The molecule has 4 rings (SSSR count). The number of amides is 2. The molecule has 0 spiro atoms. The molecule has 8 nitrogen and oxygen atoms in total. The highest BCUT2D eigenvalue weighted by Crippen LogP contribution is 2.33. The van der Waals surface area contributed by atoms with Crippen LogP contribution in [0, 0.1) is 0 Å². The number of esters is 2. The zero-order valence-corrected chi connectivity index (χ0v) is 27.0. The maximum atomic E-state index is 13.2. The number of nitrogens with one attached hydrogen (secondary N) is 2. The Labute approximate surface area is 294 Å². The third kappa shape index (κ3) is 10.8. The summed E-state index contributed by atoms with van der Waals surface area (Å²) >= 11 is 0. The first-order valence-corrected chi connectivity index (χ1v) is 15.3. The number of carbonyl (C=O) groups excluding carboxylic acids is 4. The molecule has 2 N–H and O–H groups in total. The van der Waals surface area contributed by atoms with Crippen LogP contribution in [0.4, 0.5) is 39.5 Å². The fourth-order valence-corrected chi connectivity index (χ4v) is 4.96. The number of ether oxygens (including phenoxy) is 2. The van der Waals surface area contributed by atoms with E-state index in [4.69, 9.17) is 9.47 Å². The van der Waals surface area contributed by atoms with Crippen LogP contribution in [0.1, 0.15) is 27.0 Å². The van der Waals surface area contributed by atoms with Crippen molar-refractivity contribution in [1.29, 1.82) is 0 Å². The standard InChI is InChI=1S/C36H27F9N2O6/c37-34(38,39)19-46-31(50)33(24-6-2-1-3-7-24,32(51)47-20-35(40,41)42)21-52-29(48)18-22-10-16-26(17-11-22)53-30(49)28-9-5-4-8-27(28)23-12-14-25(15-13-23)36(43,44)45/h1-17H,18-21H2,(H,46,50)(H,47,51). The first-order chi connectivity index (χ1) is 24.8. The van der Waals surface area contributed by atoms with E-state index in [1.54, 1.807) is 6.07 Å². The Morgan fingerprint density at radius 1 is 0.585 bits per heavy atom. The number of halogens is 9. The van der Waals surface area contributed by atoms with Crippen molar-refractivity contribution < 1.29 is 68.2 Å². The van der Waals surface area contributed by atoms with Gasteiger partial charge in [-0.3, -0.25) is 14.4 Å². The summed E-state index contributed by atoms with van der Waals surface area (Å²) in [6, 6.07) is 21.5. The lowest BCUT2D eigenvalue weighted by atomic mass is 9.79. The number of alkyl halides is 9. The van der Waals surface area contributed by atoms with Crippen molar-refractivity contribution in [2.24, 2.45) is 0 Å². The van der Waals surface area contributed by atoms with Crippen molar-refractivity contribution >= 4 is 23.8 Å². The van der Waals surface area contributed by atoms with E-state index in [0.29, 0.717) is 5.56 Å². The Balaban J connectivity index is 1.49. The van der Waals surface area contributed by atoms with Gasteiger partial charge in [0.1, 0.15) is 25.4 Å². The second-order valence-corrected chi connectivity index (χ2v) is 11.4. The van der Waals surface area contributed by atoms with Gasteiger partial charge in [0.25, 0.3) is 0 Å². The van der Waals surface area contributed by atoms with Gasteiger partial charge in [-0.1, -0.05) is 72.8 Å². The van der Waals surface area contributed by atoms with Gasteiger partial charge in [0.05, 0.1) is 17.5 Å². The topological polar surface area (TPSA) is 111 Å². The predicted octanol–water partition coefficient (Wildman–Crippen LogP) is 6.97. The van der Waals surface area contributed by atoms with Crippen molar-refractivity contribution in [2.45, 2.75) is 30.4 Å². The summed E-state index contributed by atoms with van der Waals surface area (Å²) in [4.78, 5) is 52.3. The van der Waals surface area contributed by atoms with Crippen molar-refractivity contribution in [3.05, 3.63) is 125 Å². The lowest BCUT2D eigenvalue weighted by Gasteiger charge is -2.31. The van der Waals surface area contributed by atoms with Gasteiger partial charge in [0.2, 0.25) is 11.8 Å². The molecule has 53 heavy (non-hydrogen) atoms. The Bertz CT molecular complexity index is 1880. The first-order valence-electron chi connectivity index (χ1n) is 15.3. The summed E-state index contributed by atoms with van der Waals surface area (Å²) in [7, 11) is 0. The predicted molar refractivity (Wildman–Crippen MR) is 169 cm³/mol. The maximum Gasteiger partial charge on any atom is 0.416 e. The molecule has 0 atom stereocenters. The average molecular weight is 755 g/mol. The normalized spacial score (nSPS) is 12.1. The van der Waals surface area contributed by atoms with Gasteiger partial charge in [0, 0.05) is 0 Å². The molecular weight excluding hydrogens is 727 g/mol. The van der Waals surface area contributed by atoms with Crippen LogP contribution in [0.2, 0.25) is 0 Å². The molecule has 2 amide bonds. The van der Waals surface area contributed by atoms with E-state index >= 15 is 0 Å². The van der Waals surface area contributed by atoms with Crippen LogP contribution >= 0.6 is 0 Å². The molecule has 0 radical (unpaired) electrons. The smallest absolute Gasteiger partial charge is 0.416 e. The number of carbonyl (C=O) groups is 4. The van der Waals surface area contributed by atoms with Crippen molar-refractivity contribution in [1.82, 2.24) is 10.6 Å². The summed E-state index contributed by atoms with van der Waals surface area (Å²) in [5.74, 6) is -5.37. The molecule has 0 aliphatic carbocycles. The maximum absolute atomic E-state index is 13.2. The quantitative estimate of drug-likeness (QED) is 0.0700. The highest BCUT2D eigenvalue weighted by molar-refractivity contribution is 6.11. The molecule has 0 fully saturated rings. The first kappa shape index (κ1) is 39.9. The second-order valence-electron chi connectivity index (χ2n) is 11.4. The molecular formula is C36H27F9N2O6.